The Hall–Kier alpha value is -2.50. The maximum absolute atomic E-state index is 11.7. The Morgan fingerprint density at radius 3 is 2.74 bits per heavy atom. The van der Waals surface area contributed by atoms with Gasteiger partial charge in [0.25, 0.3) is 0 Å². The maximum Gasteiger partial charge on any atom is 0.342 e. The third-order valence-electron chi connectivity index (χ3n) is 2.14. The number of aromatic hydroxyl groups is 2. The molecule has 0 heterocycles. The lowest BCUT2D eigenvalue weighted by atomic mass is 10.2. The predicted octanol–water partition coefficient (Wildman–Crippen LogP) is 1.37. The summed E-state index contributed by atoms with van der Waals surface area (Å²) in [6.07, 6.45) is 0.299. The van der Waals surface area contributed by atoms with Crippen LogP contribution in [-0.2, 0) is 14.3 Å². The van der Waals surface area contributed by atoms with E-state index in [1.807, 2.05) is 0 Å². The van der Waals surface area contributed by atoms with Gasteiger partial charge in [-0.25, -0.2) is 9.59 Å². The van der Waals surface area contributed by atoms with Crippen molar-refractivity contribution in [3.05, 3.63) is 36.4 Å². The van der Waals surface area contributed by atoms with Gasteiger partial charge in [0.2, 0.25) is 0 Å². The SMILES string of the molecule is C=CC(=O)OCC(C)OC(=O)c1cc(O)ccc1O. The summed E-state index contributed by atoms with van der Waals surface area (Å²) in [6.45, 7) is 4.62. The molecular weight excluding hydrogens is 252 g/mol. The van der Waals surface area contributed by atoms with Gasteiger partial charge < -0.3 is 19.7 Å². The van der Waals surface area contributed by atoms with Crippen molar-refractivity contribution in [2.75, 3.05) is 6.61 Å². The molecule has 0 aliphatic rings. The van der Waals surface area contributed by atoms with E-state index in [0.29, 0.717) is 0 Å². The molecule has 2 N–H and O–H groups in total. The van der Waals surface area contributed by atoms with Crippen LogP contribution in [0.25, 0.3) is 0 Å². The highest BCUT2D eigenvalue weighted by Gasteiger charge is 2.17. The zero-order valence-corrected chi connectivity index (χ0v) is 10.3. The molecule has 19 heavy (non-hydrogen) atoms. The topological polar surface area (TPSA) is 93.1 Å². The van der Waals surface area contributed by atoms with Gasteiger partial charge in [-0.2, -0.15) is 0 Å². The number of esters is 2. The second-order valence-electron chi connectivity index (χ2n) is 3.75. The van der Waals surface area contributed by atoms with Crippen LogP contribution < -0.4 is 0 Å². The molecule has 102 valence electrons. The molecule has 0 aliphatic heterocycles. The first-order valence-electron chi connectivity index (χ1n) is 5.46. The molecular formula is C13H14O6. The van der Waals surface area contributed by atoms with Crippen molar-refractivity contribution in [3.8, 4) is 11.5 Å². The van der Waals surface area contributed by atoms with Crippen LogP contribution in [0.2, 0.25) is 0 Å². The minimum Gasteiger partial charge on any atom is -0.508 e. The predicted molar refractivity (Wildman–Crippen MR) is 65.8 cm³/mol. The lowest BCUT2D eigenvalue weighted by molar-refractivity contribution is -0.140. The highest BCUT2D eigenvalue weighted by molar-refractivity contribution is 5.93. The first-order valence-corrected chi connectivity index (χ1v) is 5.46. The van der Waals surface area contributed by atoms with Crippen LogP contribution in [0, 0.1) is 0 Å². The summed E-state index contributed by atoms with van der Waals surface area (Å²) in [4.78, 5) is 22.5. The van der Waals surface area contributed by atoms with Crippen molar-refractivity contribution in [1.29, 1.82) is 0 Å². The zero-order chi connectivity index (χ0) is 14.4. The Labute approximate surface area is 109 Å². The van der Waals surface area contributed by atoms with Gasteiger partial charge in [-0.1, -0.05) is 6.58 Å². The Balaban J connectivity index is 2.61. The quantitative estimate of drug-likeness (QED) is 0.475. The molecule has 0 saturated heterocycles. The van der Waals surface area contributed by atoms with Crippen LogP contribution >= 0.6 is 0 Å². The largest absolute Gasteiger partial charge is 0.508 e. The molecule has 0 radical (unpaired) electrons. The van der Waals surface area contributed by atoms with E-state index in [1.54, 1.807) is 0 Å². The molecule has 1 rings (SSSR count). The van der Waals surface area contributed by atoms with Crippen molar-refractivity contribution in [1.82, 2.24) is 0 Å². The van der Waals surface area contributed by atoms with Crippen molar-refractivity contribution in [2.45, 2.75) is 13.0 Å². The summed E-state index contributed by atoms with van der Waals surface area (Å²) in [5, 5.41) is 18.7. The third kappa shape index (κ3) is 4.34. The van der Waals surface area contributed by atoms with Crippen LogP contribution in [0.4, 0.5) is 0 Å². The second-order valence-corrected chi connectivity index (χ2v) is 3.75. The minimum absolute atomic E-state index is 0.129. The van der Waals surface area contributed by atoms with Gasteiger partial charge in [0.05, 0.1) is 0 Å². The number of hydrogen-bond acceptors (Lipinski definition) is 6. The molecule has 0 bridgehead atoms. The fourth-order valence-electron chi connectivity index (χ4n) is 1.23. The Bertz CT molecular complexity index is 494. The lowest BCUT2D eigenvalue weighted by Gasteiger charge is -2.13. The number of carbonyl (C=O) groups excluding carboxylic acids is 2. The van der Waals surface area contributed by atoms with Crippen molar-refractivity contribution < 1.29 is 29.3 Å². The number of benzene rings is 1. The van der Waals surface area contributed by atoms with Crippen molar-refractivity contribution >= 4 is 11.9 Å². The van der Waals surface area contributed by atoms with E-state index >= 15 is 0 Å². The highest BCUT2D eigenvalue weighted by atomic mass is 16.6. The van der Waals surface area contributed by atoms with Crippen LogP contribution in [-0.4, -0.2) is 34.9 Å². The fraction of sp³-hybridized carbons (Fsp3) is 0.231. The van der Waals surface area contributed by atoms with Gasteiger partial charge in [0, 0.05) is 6.08 Å². The van der Waals surface area contributed by atoms with E-state index in [-0.39, 0.29) is 23.7 Å². The normalized spacial score (nSPS) is 11.4. The Morgan fingerprint density at radius 1 is 1.42 bits per heavy atom. The average Bonchev–Trinajstić information content (AvgIpc) is 2.38. The van der Waals surface area contributed by atoms with Crippen LogP contribution in [0.3, 0.4) is 0 Å². The van der Waals surface area contributed by atoms with Gasteiger partial charge in [0.15, 0.2) is 0 Å². The van der Waals surface area contributed by atoms with E-state index in [4.69, 9.17) is 9.47 Å². The summed E-state index contributed by atoms with van der Waals surface area (Å²) >= 11 is 0. The van der Waals surface area contributed by atoms with Gasteiger partial charge in [-0.05, 0) is 25.1 Å². The molecule has 6 heteroatoms. The molecule has 0 fully saturated rings. The van der Waals surface area contributed by atoms with E-state index < -0.39 is 18.0 Å². The van der Waals surface area contributed by atoms with E-state index in [1.165, 1.54) is 19.1 Å². The average molecular weight is 266 g/mol. The first-order chi connectivity index (χ1) is 8.93. The second kappa shape index (κ2) is 6.44. The molecule has 6 nitrogen and oxygen atoms in total. The fourth-order valence-corrected chi connectivity index (χ4v) is 1.23. The van der Waals surface area contributed by atoms with Crippen LogP contribution in [0.1, 0.15) is 17.3 Å². The number of phenolic OH excluding ortho intramolecular Hbond substituents is 2. The number of ether oxygens (including phenoxy) is 2. The summed E-state index contributed by atoms with van der Waals surface area (Å²) in [5.74, 6) is -1.92. The van der Waals surface area contributed by atoms with Gasteiger partial charge in [-0.3, -0.25) is 0 Å². The highest BCUT2D eigenvalue weighted by Crippen LogP contribution is 2.23. The summed E-state index contributed by atoms with van der Waals surface area (Å²) in [6, 6.07) is 3.50. The number of hydrogen-bond donors (Lipinski definition) is 2. The molecule has 1 unspecified atom stereocenters. The minimum atomic E-state index is -0.824. The van der Waals surface area contributed by atoms with E-state index in [2.05, 4.69) is 6.58 Å². The molecule has 1 aromatic carbocycles. The van der Waals surface area contributed by atoms with Gasteiger partial charge in [0.1, 0.15) is 29.8 Å². The number of phenols is 2. The summed E-state index contributed by atoms with van der Waals surface area (Å²) in [7, 11) is 0. The van der Waals surface area contributed by atoms with Crippen LogP contribution in [0.15, 0.2) is 30.9 Å². The van der Waals surface area contributed by atoms with Gasteiger partial charge in [-0.15, -0.1) is 0 Å². The molecule has 1 aromatic rings. The van der Waals surface area contributed by atoms with E-state index in [0.717, 1.165) is 12.1 Å². The lowest BCUT2D eigenvalue weighted by Crippen LogP contribution is -2.22. The summed E-state index contributed by atoms with van der Waals surface area (Å²) < 4.78 is 9.64. The third-order valence-corrected chi connectivity index (χ3v) is 2.14. The smallest absolute Gasteiger partial charge is 0.342 e. The van der Waals surface area contributed by atoms with Crippen molar-refractivity contribution in [2.24, 2.45) is 0 Å². The van der Waals surface area contributed by atoms with E-state index in [9.17, 15) is 19.8 Å². The molecule has 0 amide bonds. The first kappa shape index (κ1) is 14.6. The molecule has 0 spiro atoms. The maximum atomic E-state index is 11.7. The van der Waals surface area contributed by atoms with Gasteiger partial charge >= 0.3 is 11.9 Å². The molecule has 0 aromatic heterocycles. The number of rotatable bonds is 5. The molecule has 0 aliphatic carbocycles. The zero-order valence-electron chi connectivity index (χ0n) is 10.3. The standard InChI is InChI=1S/C13H14O6/c1-3-12(16)18-7-8(2)19-13(17)10-6-9(14)4-5-11(10)15/h3-6,8,14-15H,1,7H2,2H3. The van der Waals surface area contributed by atoms with Crippen molar-refractivity contribution in [3.63, 3.8) is 0 Å². The molecule has 0 saturated carbocycles. The molecule has 1 atom stereocenters. The number of carbonyl (C=O) groups is 2. The summed E-state index contributed by atoms with van der Waals surface area (Å²) in [5.41, 5.74) is -0.165. The monoisotopic (exact) mass is 266 g/mol. The van der Waals surface area contributed by atoms with Crippen LogP contribution in [0.5, 0.6) is 11.5 Å². The Kier molecular flexibility index (Phi) is 4.93. The Morgan fingerprint density at radius 2 is 2.11 bits per heavy atom.